The third kappa shape index (κ3) is 5.42. The highest BCUT2D eigenvalue weighted by atomic mass is 32.2. The van der Waals surface area contributed by atoms with Crippen molar-refractivity contribution in [1.82, 2.24) is 15.5 Å². The summed E-state index contributed by atoms with van der Waals surface area (Å²) < 4.78 is 0. The molecule has 0 aliphatic heterocycles. The van der Waals surface area contributed by atoms with E-state index in [-0.39, 0.29) is 6.03 Å². The zero-order valence-electron chi connectivity index (χ0n) is 11.2. The number of amides is 2. The van der Waals surface area contributed by atoms with Crippen molar-refractivity contribution in [2.45, 2.75) is 11.4 Å². The lowest BCUT2D eigenvalue weighted by molar-refractivity contribution is 0.217. The van der Waals surface area contributed by atoms with Crippen molar-refractivity contribution in [2.75, 3.05) is 33.4 Å². The normalized spacial score (nSPS) is 10.2. The lowest BCUT2D eigenvalue weighted by Gasteiger charge is -2.12. The van der Waals surface area contributed by atoms with Crippen LogP contribution >= 0.6 is 11.8 Å². The predicted molar refractivity (Wildman–Crippen MR) is 77.0 cm³/mol. The highest BCUT2D eigenvalue weighted by Gasteiger charge is 2.00. The van der Waals surface area contributed by atoms with Gasteiger partial charge in [-0.2, -0.15) is 0 Å². The molecule has 2 amide bonds. The minimum atomic E-state index is -0.0545. The van der Waals surface area contributed by atoms with Crippen molar-refractivity contribution in [1.29, 1.82) is 0 Å². The van der Waals surface area contributed by atoms with Gasteiger partial charge in [0.1, 0.15) is 0 Å². The molecule has 1 aromatic carbocycles. The molecule has 100 valence electrons. The second kappa shape index (κ2) is 8.00. The maximum Gasteiger partial charge on any atom is 0.316 e. The molecule has 0 saturated carbocycles. The van der Waals surface area contributed by atoms with E-state index in [4.69, 9.17) is 0 Å². The van der Waals surface area contributed by atoms with E-state index in [1.807, 2.05) is 0 Å². The molecule has 0 aliphatic rings. The smallest absolute Gasteiger partial charge is 0.316 e. The zero-order chi connectivity index (χ0) is 13.4. The summed E-state index contributed by atoms with van der Waals surface area (Å²) in [5, 5.41) is 6.10. The summed E-state index contributed by atoms with van der Waals surface area (Å²) in [6, 6.07) is 8.43. The van der Waals surface area contributed by atoms with Gasteiger partial charge in [0.15, 0.2) is 0 Å². The van der Waals surface area contributed by atoms with Gasteiger partial charge in [0.05, 0.1) is 0 Å². The van der Waals surface area contributed by atoms with E-state index in [1.165, 1.54) is 15.4 Å². The number of benzene rings is 1. The van der Waals surface area contributed by atoms with Crippen LogP contribution in [0.15, 0.2) is 29.2 Å². The van der Waals surface area contributed by atoms with Crippen LogP contribution in [0, 0.1) is 0 Å². The molecule has 0 bridgehead atoms. The molecule has 4 nitrogen and oxygen atoms in total. The van der Waals surface area contributed by atoms with Crippen molar-refractivity contribution in [2.24, 2.45) is 0 Å². The van der Waals surface area contributed by atoms with E-state index in [2.05, 4.69) is 41.2 Å². The van der Waals surface area contributed by atoms with Crippen LogP contribution in [0.3, 0.4) is 0 Å². The topological polar surface area (TPSA) is 44.4 Å². The number of carbonyl (C=O) groups excluding carboxylic acids is 1. The Morgan fingerprint density at radius 2 is 1.89 bits per heavy atom. The Hall–Kier alpha value is -1.20. The lowest BCUT2D eigenvalue weighted by atomic mass is 10.2. The Bertz CT molecular complexity index is 365. The number of thioether (sulfide) groups is 1. The minimum absolute atomic E-state index is 0.0545. The summed E-state index contributed by atoms with van der Waals surface area (Å²) in [5.41, 5.74) is 1.26. The van der Waals surface area contributed by atoms with Gasteiger partial charge in [-0.3, -0.25) is 0 Å². The van der Waals surface area contributed by atoms with E-state index >= 15 is 0 Å². The van der Waals surface area contributed by atoms with E-state index in [9.17, 15) is 4.79 Å². The summed E-state index contributed by atoms with van der Waals surface area (Å²) in [4.78, 5) is 14.0. The highest BCUT2D eigenvalue weighted by molar-refractivity contribution is 7.98. The van der Waals surface area contributed by atoms with Crippen molar-refractivity contribution >= 4 is 17.8 Å². The highest BCUT2D eigenvalue weighted by Crippen LogP contribution is 2.14. The van der Waals surface area contributed by atoms with Gasteiger partial charge in [-0.25, -0.2) is 4.79 Å². The van der Waals surface area contributed by atoms with Crippen LogP contribution in [0.4, 0.5) is 4.79 Å². The maximum atomic E-state index is 11.2. The first-order valence-electron chi connectivity index (χ1n) is 5.92. The molecule has 0 fully saturated rings. The number of hydrogen-bond acceptors (Lipinski definition) is 3. The fraction of sp³-hybridized carbons (Fsp3) is 0.462. The number of hydrogen-bond donors (Lipinski definition) is 2. The molecule has 0 spiro atoms. The minimum Gasteiger partial charge on any atom is -0.337 e. The first-order chi connectivity index (χ1) is 8.63. The second-order valence-corrected chi connectivity index (χ2v) is 5.03. The maximum absolute atomic E-state index is 11.2. The number of nitrogens with one attached hydrogen (secondary N) is 2. The van der Waals surface area contributed by atoms with Gasteiger partial charge in [-0.05, 0) is 24.0 Å². The molecular formula is C13H21N3OS. The average molecular weight is 267 g/mol. The molecule has 0 aliphatic carbocycles. The van der Waals surface area contributed by atoms with Crippen LogP contribution < -0.4 is 10.6 Å². The van der Waals surface area contributed by atoms with Gasteiger partial charge in [0.25, 0.3) is 0 Å². The molecule has 0 unspecified atom stereocenters. The number of nitrogens with zero attached hydrogens (tertiary/aromatic N) is 1. The van der Waals surface area contributed by atoms with Gasteiger partial charge < -0.3 is 15.5 Å². The summed E-state index contributed by atoms with van der Waals surface area (Å²) in [6.07, 6.45) is 2.07. The first kappa shape index (κ1) is 14.9. The van der Waals surface area contributed by atoms with Gasteiger partial charge in [-0.15, -0.1) is 11.8 Å². The Kier molecular flexibility index (Phi) is 6.60. The number of rotatable bonds is 6. The number of carbonyl (C=O) groups is 1. The molecule has 0 radical (unpaired) electrons. The van der Waals surface area contributed by atoms with E-state index in [0.717, 1.165) is 13.1 Å². The van der Waals surface area contributed by atoms with E-state index in [1.54, 1.807) is 25.9 Å². The van der Waals surface area contributed by atoms with Crippen LogP contribution in [0.5, 0.6) is 0 Å². The van der Waals surface area contributed by atoms with Gasteiger partial charge in [0.2, 0.25) is 0 Å². The Morgan fingerprint density at radius 3 is 2.44 bits per heavy atom. The third-order valence-electron chi connectivity index (χ3n) is 2.47. The molecule has 1 rings (SSSR count). The monoisotopic (exact) mass is 267 g/mol. The van der Waals surface area contributed by atoms with Crippen LogP contribution in [0.1, 0.15) is 5.56 Å². The Labute approximate surface area is 113 Å². The molecule has 0 saturated heterocycles. The van der Waals surface area contributed by atoms with Crippen LogP contribution in [-0.4, -0.2) is 44.4 Å². The first-order valence-corrected chi connectivity index (χ1v) is 7.14. The average Bonchev–Trinajstić information content (AvgIpc) is 2.38. The van der Waals surface area contributed by atoms with E-state index < -0.39 is 0 Å². The molecule has 0 atom stereocenters. The van der Waals surface area contributed by atoms with Crippen molar-refractivity contribution in [3.05, 3.63) is 29.8 Å². The number of urea groups is 1. The molecule has 5 heteroatoms. The fourth-order valence-corrected chi connectivity index (χ4v) is 1.80. The van der Waals surface area contributed by atoms with Crippen LogP contribution in [-0.2, 0) is 6.54 Å². The quantitative estimate of drug-likeness (QED) is 0.610. The van der Waals surface area contributed by atoms with Crippen molar-refractivity contribution in [3.8, 4) is 0 Å². The molecule has 0 heterocycles. The Balaban J connectivity index is 2.15. The van der Waals surface area contributed by atoms with Gasteiger partial charge in [0, 0.05) is 38.6 Å². The van der Waals surface area contributed by atoms with Crippen LogP contribution in [0.25, 0.3) is 0 Å². The summed E-state index contributed by atoms with van der Waals surface area (Å²) in [6.45, 7) is 2.23. The second-order valence-electron chi connectivity index (χ2n) is 4.15. The molecular weight excluding hydrogens is 246 g/mol. The lowest BCUT2D eigenvalue weighted by Crippen LogP contribution is -2.38. The van der Waals surface area contributed by atoms with Crippen LogP contribution in [0.2, 0.25) is 0 Å². The zero-order valence-corrected chi connectivity index (χ0v) is 12.0. The standard InChI is InChI=1S/C13H21N3OS/c1-16(2)13(17)15-9-8-14-10-11-4-6-12(18-3)7-5-11/h4-7,14H,8-10H2,1-3H3,(H,15,17). The fourth-order valence-electron chi connectivity index (χ4n) is 1.39. The SMILES string of the molecule is CSc1ccc(CNCCNC(=O)N(C)C)cc1. The molecule has 0 aromatic heterocycles. The van der Waals surface area contributed by atoms with Crippen molar-refractivity contribution in [3.63, 3.8) is 0 Å². The largest absolute Gasteiger partial charge is 0.337 e. The molecule has 1 aromatic rings. The van der Waals surface area contributed by atoms with Gasteiger partial charge >= 0.3 is 6.03 Å². The molecule has 2 N–H and O–H groups in total. The Morgan fingerprint density at radius 1 is 1.22 bits per heavy atom. The third-order valence-corrected chi connectivity index (χ3v) is 3.22. The molecule has 18 heavy (non-hydrogen) atoms. The predicted octanol–water partition coefficient (Wildman–Crippen LogP) is 1.77. The van der Waals surface area contributed by atoms with Crippen molar-refractivity contribution < 1.29 is 4.79 Å². The summed E-state index contributed by atoms with van der Waals surface area (Å²) >= 11 is 1.74. The summed E-state index contributed by atoms with van der Waals surface area (Å²) in [7, 11) is 3.46. The summed E-state index contributed by atoms with van der Waals surface area (Å²) in [5.74, 6) is 0. The van der Waals surface area contributed by atoms with Gasteiger partial charge in [-0.1, -0.05) is 12.1 Å². The van der Waals surface area contributed by atoms with E-state index in [0.29, 0.717) is 6.54 Å².